The number of phenolic OH excluding ortho intramolecular Hbond substituents is 2. The van der Waals surface area contributed by atoms with Gasteiger partial charge in [0.15, 0.2) is 0 Å². The number of hydrogen-bond donors (Lipinski definition) is 2. The van der Waals surface area contributed by atoms with Crippen LogP contribution in [-0.4, -0.2) is 30.6 Å². The third-order valence-electron chi connectivity index (χ3n) is 3.82. The molecule has 0 radical (unpaired) electrons. The van der Waals surface area contributed by atoms with Crippen molar-refractivity contribution in [2.45, 2.75) is 25.7 Å². The van der Waals surface area contributed by atoms with E-state index in [1.54, 1.807) is 0 Å². The summed E-state index contributed by atoms with van der Waals surface area (Å²) in [5.74, 6) is -4.57. The monoisotopic (exact) mass is 394 g/mol. The van der Waals surface area contributed by atoms with Crippen molar-refractivity contribution in [1.82, 2.24) is 0 Å². The standard InChI is InChI=1S/C18H18O8S/c1-11(13-5-3-7-15(19)9-13)17(21)25-27(23,24)26-18(22)12(2)14-6-4-8-16(20)10-14/h3-12,19-20H,1-2H3. The molecule has 8 nitrogen and oxygen atoms in total. The van der Waals surface area contributed by atoms with Gasteiger partial charge >= 0.3 is 22.3 Å². The van der Waals surface area contributed by atoms with Crippen molar-refractivity contribution >= 4 is 22.3 Å². The number of carbonyl (C=O) groups is 2. The number of phenols is 2. The van der Waals surface area contributed by atoms with Crippen LogP contribution in [0.1, 0.15) is 36.8 Å². The first-order valence-corrected chi connectivity index (χ1v) is 9.22. The molecule has 0 aliphatic rings. The zero-order valence-electron chi connectivity index (χ0n) is 14.5. The highest BCUT2D eigenvalue weighted by molar-refractivity contribution is 7.82. The van der Waals surface area contributed by atoms with Gasteiger partial charge < -0.3 is 18.6 Å². The molecule has 0 aliphatic heterocycles. The molecular weight excluding hydrogens is 376 g/mol. The average molecular weight is 394 g/mol. The molecule has 2 N–H and O–H groups in total. The summed E-state index contributed by atoms with van der Waals surface area (Å²) in [6.45, 7) is 2.76. The van der Waals surface area contributed by atoms with Gasteiger partial charge in [-0.2, -0.15) is 0 Å². The molecule has 0 spiro atoms. The smallest absolute Gasteiger partial charge is 0.506 e. The molecule has 0 fully saturated rings. The van der Waals surface area contributed by atoms with E-state index in [1.165, 1.54) is 62.4 Å². The second-order valence-corrected chi connectivity index (χ2v) is 7.00. The van der Waals surface area contributed by atoms with Crippen molar-refractivity contribution in [3.05, 3.63) is 59.7 Å². The lowest BCUT2D eigenvalue weighted by Gasteiger charge is -2.13. The van der Waals surface area contributed by atoms with Crippen LogP contribution in [0.25, 0.3) is 0 Å². The van der Waals surface area contributed by atoms with E-state index < -0.39 is 34.2 Å². The van der Waals surface area contributed by atoms with E-state index in [-0.39, 0.29) is 11.5 Å². The van der Waals surface area contributed by atoms with E-state index in [0.29, 0.717) is 11.1 Å². The highest BCUT2D eigenvalue weighted by Crippen LogP contribution is 2.24. The molecule has 2 unspecified atom stereocenters. The van der Waals surface area contributed by atoms with Crippen molar-refractivity contribution in [3.63, 3.8) is 0 Å². The van der Waals surface area contributed by atoms with E-state index in [4.69, 9.17) is 0 Å². The van der Waals surface area contributed by atoms with Gasteiger partial charge in [-0.1, -0.05) is 24.3 Å². The zero-order valence-corrected chi connectivity index (χ0v) is 15.3. The molecule has 2 atom stereocenters. The van der Waals surface area contributed by atoms with Crippen LogP contribution < -0.4 is 0 Å². The summed E-state index contributed by atoms with van der Waals surface area (Å²) in [6, 6.07) is 11.3. The van der Waals surface area contributed by atoms with Crippen LogP contribution in [-0.2, 0) is 28.4 Å². The van der Waals surface area contributed by atoms with Crippen LogP contribution >= 0.6 is 0 Å². The fourth-order valence-corrected chi connectivity index (χ4v) is 2.95. The summed E-state index contributed by atoms with van der Waals surface area (Å²) in [5.41, 5.74) is 0.657. The predicted molar refractivity (Wildman–Crippen MR) is 94.1 cm³/mol. The van der Waals surface area contributed by atoms with Gasteiger partial charge in [-0.05, 0) is 49.2 Å². The van der Waals surface area contributed by atoms with Crippen LogP contribution in [0.2, 0.25) is 0 Å². The molecule has 2 aromatic carbocycles. The molecule has 0 saturated heterocycles. The Bertz CT molecular complexity index is 880. The summed E-state index contributed by atoms with van der Waals surface area (Å²) in [5, 5.41) is 18.9. The lowest BCUT2D eigenvalue weighted by Crippen LogP contribution is -2.24. The number of carbonyl (C=O) groups excluding carboxylic acids is 2. The Hall–Kier alpha value is -3.07. The average Bonchev–Trinajstić information content (AvgIpc) is 2.59. The molecule has 0 heterocycles. The van der Waals surface area contributed by atoms with Crippen LogP contribution in [0.3, 0.4) is 0 Å². The molecule has 0 aliphatic carbocycles. The summed E-state index contributed by atoms with van der Waals surface area (Å²) in [7, 11) is -4.93. The molecule has 2 aromatic rings. The maximum Gasteiger partial charge on any atom is 0.506 e. The quantitative estimate of drug-likeness (QED) is 0.764. The number of rotatable bonds is 6. The third kappa shape index (κ3) is 5.45. The topological polar surface area (TPSA) is 127 Å². The van der Waals surface area contributed by atoms with Crippen molar-refractivity contribution in [2.24, 2.45) is 0 Å². The van der Waals surface area contributed by atoms with Gasteiger partial charge in [0.25, 0.3) is 0 Å². The van der Waals surface area contributed by atoms with Crippen molar-refractivity contribution in [3.8, 4) is 11.5 Å². The molecule has 2 rings (SSSR count). The maximum atomic E-state index is 12.0. The van der Waals surface area contributed by atoms with Crippen LogP contribution in [0.5, 0.6) is 11.5 Å². The molecule has 0 bridgehead atoms. The SMILES string of the molecule is CC(C(=O)OS(=O)(=O)OC(=O)C(C)c1cccc(O)c1)c1cccc(O)c1. The maximum absolute atomic E-state index is 12.0. The van der Waals surface area contributed by atoms with Gasteiger partial charge in [-0.15, -0.1) is 8.42 Å². The summed E-state index contributed by atoms with van der Waals surface area (Å²) < 4.78 is 32.4. The first kappa shape index (κ1) is 20.2. The van der Waals surface area contributed by atoms with Crippen LogP contribution in [0.15, 0.2) is 48.5 Å². The first-order chi connectivity index (χ1) is 12.6. The molecular formula is C18H18O8S. The van der Waals surface area contributed by atoms with Crippen molar-refractivity contribution < 1.29 is 36.6 Å². The van der Waals surface area contributed by atoms with Gasteiger partial charge in [0, 0.05) is 0 Å². The van der Waals surface area contributed by atoms with Gasteiger partial charge in [-0.25, -0.2) is 0 Å². The lowest BCUT2D eigenvalue weighted by atomic mass is 10.0. The van der Waals surface area contributed by atoms with E-state index in [0.717, 1.165) is 0 Å². The molecule has 0 aromatic heterocycles. The van der Waals surface area contributed by atoms with E-state index in [1.807, 2.05) is 0 Å². The first-order valence-electron chi connectivity index (χ1n) is 7.88. The third-order valence-corrected chi connectivity index (χ3v) is 4.55. The minimum absolute atomic E-state index is 0.0960. The minimum Gasteiger partial charge on any atom is -0.508 e. The highest BCUT2D eigenvalue weighted by Gasteiger charge is 2.30. The Morgan fingerprint density at radius 1 is 0.815 bits per heavy atom. The molecule has 9 heteroatoms. The van der Waals surface area contributed by atoms with E-state index >= 15 is 0 Å². The molecule has 144 valence electrons. The summed E-state index contributed by atoms with van der Waals surface area (Å²) >= 11 is 0. The largest absolute Gasteiger partial charge is 0.508 e. The van der Waals surface area contributed by atoms with Gasteiger partial charge in [0.2, 0.25) is 0 Å². The van der Waals surface area contributed by atoms with Crippen LogP contribution in [0.4, 0.5) is 0 Å². The van der Waals surface area contributed by atoms with E-state index in [2.05, 4.69) is 8.37 Å². The Kier molecular flexibility index (Phi) is 6.06. The van der Waals surface area contributed by atoms with Gasteiger partial charge in [0.05, 0.1) is 11.8 Å². The van der Waals surface area contributed by atoms with Crippen molar-refractivity contribution in [1.29, 1.82) is 0 Å². The van der Waals surface area contributed by atoms with Gasteiger partial charge in [0.1, 0.15) is 11.5 Å². The summed E-state index contributed by atoms with van der Waals surface area (Å²) in [4.78, 5) is 24.1. The number of benzene rings is 2. The Labute approximate surface area is 156 Å². The Morgan fingerprint density at radius 3 is 1.52 bits per heavy atom. The zero-order chi connectivity index (χ0) is 20.2. The Balaban J connectivity index is 2.05. The highest BCUT2D eigenvalue weighted by atomic mass is 32.3. The second kappa shape index (κ2) is 8.09. The Morgan fingerprint density at radius 2 is 1.19 bits per heavy atom. The van der Waals surface area contributed by atoms with Gasteiger partial charge in [-0.3, -0.25) is 9.59 Å². The molecule has 0 saturated carbocycles. The normalized spacial score (nSPS) is 13.4. The number of hydrogen-bond acceptors (Lipinski definition) is 8. The van der Waals surface area contributed by atoms with Crippen LogP contribution in [0, 0.1) is 0 Å². The van der Waals surface area contributed by atoms with E-state index in [9.17, 15) is 28.2 Å². The fraction of sp³-hybridized carbons (Fsp3) is 0.222. The molecule has 0 amide bonds. The summed E-state index contributed by atoms with van der Waals surface area (Å²) in [6.07, 6.45) is 0. The second-order valence-electron chi connectivity index (χ2n) is 5.85. The fourth-order valence-electron chi connectivity index (χ4n) is 2.22. The molecule has 27 heavy (non-hydrogen) atoms. The minimum atomic E-state index is -4.93. The predicted octanol–water partition coefficient (Wildman–Crippen LogP) is 2.34. The lowest BCUT2D eigenvalue weighted by molar-refractivity contribution is -0.139. The number of aromatic hydroxyl groups is 2. The van der Waals surface area contributed by atoms with Crippen molar-refractivity contribution in [2.75, 3.05) is 0 Å².